The van der Waals surface area contributed by atoms with Gasteiger partial charge < -0.3 is 10.2 Å². The minimum absolute atomic E-state index is 0.0210. The van der Waals surface area contributed by atoms with Crippen LogP contribution in [0.25, 0.3) is 0 Å². The fourth-order valence-electron chi connectivity index (χ4n) is 4.23. The highest BCUT2D eigenvalue weighted by atomic mass is 16.1. The van der Waals surface area contributed by atoms with Crippen LogP contribution in [0, 0.1) is 6.92 Å². The van der Waals surface area contributed by atoms with Gasteiger partial charge in [0.25, 0.3) is 5.91 Å². The summed E-state index contributed by atoms with van der Waals surface area (Å²) in [5, 5.41) is 3.18. The van der Waals surface area contributed by atoms with Gasteiger partial charge >= 0.3 is 0 Å². The van der Waals surface area contributed by atoms with Crippen LogP contribution in [0.3, 0.4) is 0 Å². The lowest BCUT2D eigenvalue weighted by Crippen LogP contribution is -2.40. The molecule has 0 spiro atoms. The van der Waals surface area contributed by atoms with Crippen molar-refractivity contribution in [2.24, 2.45) is 0 Å². The summed E-state index contributed by atoms with van der Waals surface area (Å²) >= 11 is 0. The third kappa shape index (κ3) is 4.97. The monoisotopic (exact) mass is 413 g/mol. The molecule has 31 heavy (non-hydrogen) atoms. The van der Waals surface area contributed by atoms with E-state index < -0.39 is 0 Å². The van der Waals surface area contributed by atoms with E-state index in [1.807, 2.05) is 31.2 Å². The molecule has 3 aromatic rings. The van der Waals surface area contributed by atoms with Crippen molar-refractivity contribution in [1.29, 1.82) is 0 Å². The van der Waals surface area contributed by atoms with Crippen LogP contribution in [0.2, 0.25) is 0 Å². The van der Waals surface area contributed by atoms with Crippen LogP contribution in [-0.4, -0.2) is 38.0 Å². The molecule has 1 N–H and O–H groups in total. The second-order valence-electron chi connectivity index (χ2n) is 8.57. The zero-order valence-corrected chi connectivity index (χ0v) is 18.6. The number of benzene rings is 3. The van der Waals surface area contributed by atoms with E-state index in [0.717, 1.165) is 25.1 Å². The lowest BCUT2D eigenvalue weighted by molar-refractivity contribution is 0.0927. The number of aryl methyl sites for hydroxylation is 1. The van der Waals surface area contributed by atoms with Gasteiger partial charge in [0.1, 0.15) is 0 Å². The van der Waals surface area contributed by atoms with Gasteiger partial charge in [-0.2, -0.15) is 0 Å². The van der Waals surface area contributed by atoms with Crippen LogP contribution in [0.15, 0.2) is 72.8 Å². The molecule has 3 aromatic carbocycles. The van der Waals surface area contributed by atoms with Crippen LogP contribution >= 0.6 is 0 Å². The van der Waals surface area contributed by atoms with Gasteiger partial charge in [-0.05, 0) is 54.3 Å². The van der Waals surface area contributed by atoms with E-state index in [1.54, 1.807) is 0 Å². The first-order valence-electron chi connectivity index (χ1n) is 10.9. The second-order valence-corrected chi connectivity index (χ2v) is 8.57. The molecule has 1 amide bonds. The van der Waals surface area contributed by atoms with Gasteiger partial charge in [-0.3, -0.25) is 9.69 Å². The molecule has 0 fully saturated rings. The number of carbonyl (C=O) groups excluding carboxylic acids is 1. The first kappa shape index (κ1) is 21.1. The van der Waals surface area contributed by atoms with Crippen LogP contribution in [0.5, 0.6) is 0 Å². The maximum atomic E-state index is 12.8. The van der Waals surface area contributed by atoms with Gasteiger partial charge in [0.05, 0.1) is 6.04 Å². The predicted octanol–water partition coefficient (Wildman–Crippen LogP) is 4.59. The first-order valence-corrected chi connectivity index (χ1v) is 10.9. The summed E-state index contributed by atoms with van der Waals surface area (Å²) in [4.78, 5) is 17.4. The zero-order chi connectivity index (χ0) is 21.8. The maximum absolute atomic E-state index is 12.8. The van der Waals surface area contributed by atoms with Crippen LogP contribution in [-0.2, 0) is 13.0 Å². The topological polar surface area (TPSA) is 35.6 Å². The van der Waals surface area contributed by atoms with E-state index >= 15 is 0 Å². The van der Waals surface area contributed by atoms with Gasteiger partial charge in [-0.25, -0.2) is 0 Å². The van der Waals surface area contributed by atoms with Crippen molar-refractivity contribution in [3.8, 4) is 0 Å². The number of amides is 1. The quantitative estimate of drug-likeness (QED) is 0.642. The van der Waals surface area contributed by atoms with Gasteiger partial charge in [-0.15, -0.1) is 0 Å². The summed E-state index contributed by atoms with van der Waals surface area (Å²) in [5.74, 6) is -0.0210. The number of hydrogen-bond acceptors (Lipinski definition) is 3. The maximum Gasteiger partial charge on any atom is 0.251 e. The Morgan fingerprint density at radius 3 is 2.32 bits per heavy atom. The minimum atomic E-state index is -0.0210. The molecule has 0 saturated heterocycles. The van der Waals surface area contributed by atoms with Crippen molar-refractivity contribution in [2.45, 2.75) is 25.9 Å². The summed E-state index contributed by atoms with van der Waals surface area (Å²) < 4.78 is 0. The summed E-state index contributed by atoms with van der Waals surface area (Å²) in [5.41, 5.74) is 7.08. The molecule has 4 nitrogen and oxygen atoms in total. The number of nitrogens with one attached hydrogen (secondary N) is 1. The molecular formula is C27H31N3O. The predicted molar refractivity (Wildman–Crippen MR) is 128 cm³/mol. The standard InChI is InChI=1S/C27H31N3O/c1-20-8-10-23(11-9-20)27(31)28-18-26(22-12-14-25(15-13-22)29(2)3)30-17-16-21-6-4-5-7-24(21)19-30/h4-15,26H,16-19H2,1-3H3,(H,28,31). The largest absolute Gasteiger partial charge is 0.378 e. The van der Waals surface area contributed by atoms with Crippen molar-refractivity contribution < 1.29 is 4.79 Å². The van der Waals surface area contributed by atoms with Gasteiger partial charge in [0.15, 0.2) is 0 Å². The van der Waals surface area contributed by atoms with Gasteiger partial charge in [-0.1, -0.05) is 54.1 Å². The third-order valence-corrected chi connectivity index (χ3v) is 6.16. The average molecular weight is 414 g/mol. The summed E-state index contributed by atoms with van der Waals surface area (Å²) in [6, 6.07) is 25.2. The SMILES string of the molecule is Cc1ccc(C(=O)NCC(c2ccc(N(C)C)cc2)N2CCc3ccccc3C2)cc1. The molecular weight excluding hydrogens is 382 g/mol. The average Bonchev–Trinajstić information content (AvgIpc) is 2.79. The summed E-state index contributed by atoms with van der Waals surface area (Å²) in [6.45, 7) is 4.49. The third-order valence-electron chi connectivity index (χ3n) is 6.16. The highest BCUT2D eigenvalue weighted by Gasteiger charge is 2.25. The van der Waals surface area contributed by atoms with Gasteiger partial charge in [0.2, 0.25) is 0 Å². The molecule has 0 bridgehead atoms. The fourth-order valence-corrected chi connectivity index (χ4v) is 4.23. The Morgan fingerprint density at radius 1 is 0.968 bits per heavy atom. The number of rotatable bonds is 6. The first-order chi connectivity index (χ1) is 15.0. The molecule has 1 aliphatic rings. The van der Waals surface area contributed by atoms with E-state index in [1.165, 1.54) is 22.4 Å². The lowest BCUT2D eigenvalue weighted by atomic mass is 9.96. The Balaban J connectivity index is 1.55. The molecule has 1 atom stereocenters. The Morgan fingerprint density at radius 2 is 1.65 bits per heavy atom. The molecule has 1 aliphatic heterocycles. The highest BCUT2D eigenvalue weighted by molar-refractivity contribution is 5.94. The number of fused-ring (bicyclic) bond motifs is 1. The lowest BCUT2D eigenvalue weighted by Gasteiger charge is -2.36. The number of hydrogen-bond donors (Lipinski definition) is 1. The molecule has 1 heterocycles. The molecule has 0 radical (unpaired) electrons. The summed E-state index contributed by atoms with van der Waals surface area (Å²) in [6.07, 6.45) is 1.04. The normalized spacial score (nSPS) is 14.5. The molecule has 0 saturated carbocycles. The molecule has 1 unspecified atom stereocenters. The van der Waals surface area contributed by atoms with E-state index in [0.29, 0.717) is 12.1 Å². The molecule has 4 rings (SSSR count). The van der Waals surface area contributed by atoms with Gasteiger partial charge in [0, 0.05) is 45.0 Å². The van der Waals surface area contributed by atoms with E-state index in [4.69, 9.17) is 0 Å². The van der Waals surface area contributed by atoms with Crippen molar-refractivity contribution in [1.82, 2.24) is 10.2 Å². The van der Waals surface area contributed by atoms with Crippen molar-refractivity contribution in [3.05, 3.63) is 101 Å². The summed E-state index contributed by atoms with van der Waals surface area (Å²) in [7, 11) is 4.10. The number of carbonyl (C=O) groups is 1. The van der Waals surface area contributed by atoms with E-state index in [-0.39, 0.29) is 11.9 Å². The fraction of sp³-hybridized carbons (Fsp3) is 0.296. The van der Waals surface area contributed by atoms with Crippen molar-refractivity contribution >= 4 is 11.6 Å². The molecule has 0 aromatic heterocycles. The zero-order valence-electron chi connectivity index (χ0n) is 18.6. The number of nitrogens with zero attached hydrogens (tertiary/aromatic N) is 2. The molecule has 4 heteroatoms. The van der Waals surface area contributed by atoms with E-state index in [2.05, 4.69) is 77.7 Å². The Bertz CT molecular complexity index is 1030. The smallest absolute Gasteiger partial charge is 0.251 e. The minimum Gasteiger partial charge on any atom is -0.378 e. The molecule has 160 valence electrons. The Kier molecular flexibility index (Phi) is 6.38. The number of anilines is 1. The molecule has 0 aliphatic carbocycles. The van der Waals surface area contributed by atoms with Crippen molar-refractivity contribution in [2.75, 3.05) is 32.1 Å². The highest BCUT2D eigenvalue weighted by Crippen LogP contribution is 2.28. The Labute approximate surface area is 185 Å². The van der Waals surface area contributed by atoms with Crippen molar-refractivity contribution in [3.63, 3.8) is 0 Å². The van der Waals surface area contributed by atoms with E-state index in [9.17, 15) is 4.79 Å². The second kappa shape index (κ2) is 9.36. The Hall–Kier alpha value is -3.11. The van der Waals surface area contributed by atoms with Crippen LogP contribution in [0.1, 0.15) is 38.7 Å². The van der Waals surface area contributed by atoms with Crippen LogP contribution in [0.4, 0.5) is 5.69 Å². The van der Waals surface area contributed by atoms with Crippen LogP contribution < -0.4 is 10.2 Å².